The van der Waals surface area contributed by atoms with E-state index in [0.717, 1.165) is 0 Å². The van der Waals surface area contributed by atoms with Crippen LogP contribution in [0.4, 0.5) is 0 Å². The Bertz CT molecular complexity index is 804. The second-order valence-corrected chi connectivity index (χ2v) is 6.07. The van der Waals surface area contributed by atoms with Gasteiger partial charge in [-0.3, -0.25) is 4.79 Å². The summed E-state index contributed by atoms with van der Waals surface area (Å²) in [5.74, 6) is -1.48. The lowest BCUT2D eigenvalue weighted by Crippen LogP contribution is -2.61. The van der Waals surface area contributed by atoms with Crippen LogP contribution in [0.2, 0.25) is 0 Å². The van der Waals surface area contributed by atoms with Crippen molar-refractivity contribution in [1.82, 2.24) is 0 Å². The summed E-state index contributed by atoms with van der Waals surface area (Å²) in [6, 6.07) is 14.6. The van der Waals surface area contributed by atoms with Gasteiger partial charge in [0.2, 0.25) is 6.29 Å². The molecular formula is C19H18O8. The Hall–Kier alpha value is -2.78. The molecule has 3 rings (SSSR count). The van der Waals surface area contributed by atoms with Crippen LogP contribution in [0, 0.1) is 0 Å². The summed E-state index contributed by atoms with van der Waals surface area (Å²) in [6.07, 6.45) is -8.43. The number of aliphatic hydroxyl groups excluding tert-OH is 3. The first-order valence-electron chi connectivity index (χ1n) is 8.17. The first-order chi connectivity index (χ1) is 12.9. The highest BCUT2D eigenvalue weighted by molar-refractivity contribution is 6.08. The standard InChI is InChI=1S/C19H18O8/c20-13(10-4-2-1-3-5-10)11-6-8-12(9-7-11)26-19-16(23)14(21)15(22)17(27-19)18(24)25/h1-9,14-17,19,21-23H,(H,24,25)/t14-,15-,16+,17-,19?/m0/s1. The summed E-state index contributed by atoms with van der Waals surface area (Å²) >= 11 is 0. The van der Waals surface area contributed by atoms with Gasteiger partial charge in [-0.15, -0.1) is 0 Å². The fourth-order valence-corrected chi connectivity index (χ4v) is 2.72. The fourth-order valence-electron chi connectivity index (χ4n) is 2.72. The number of carbonyl (C=O) groups excluding carboxylic acids is 1. The zero-order chi connectivity index (χ0) is 19.6. The molecule has 1 aliphatic rings. The molecule has 4 N–H and O–H groups in total. The molecule has 8 heteroatoms. The zero-order valence-electron chi connectivity index (χ0n) is 14.0. The van der Waals surface area contributed by atoms with E-state index in [9.17, 15) is 24.9 Å². The highest BCUT2D eigenvalue weighted by atomic mass is 16.7. The molecule has 142 valence electrons. The minimum absolute atomic E-state index is 0.180. The predicted molar refractivity (Wildman–Crippen MR) is 91.3 cm³/mol. The molecule has 1 fully saturated rings. The van der Waals surface area contributed by atoms with E-state index >= 15 is 0 Å². The number of aliphatic hydroxyl groups is 3. The van der Waals surface area contributed by atoms with Gasteiger partial charge in [0, 0.05) is 11.1 Å². The largest absolute Gasteiger partial charge is 0.479 e. The van der Waals surface area contributed by atoms with E-state index in [1.54, 1.807) is 30.3 Å². The summed E-state index contributed by atoms with van der Waals surface area (Å²) in [7, 11) is 0. The molecule has 0 bridgehead atoms. The minimum atomic E-state index is -1.79. The van der Waals surface area contributed by atoms with Crippen LogP contribution in [-0.2, 0) is 9.53 Å². The molecule has 1 aliphatic heterocycles. The highest BCUT2D eigenvalue weighted by Crippen LogP contribution is 2.25. The average Bonchev–Trinajstić information content (AvgIpc) is 2.69. The van der Waals surface area contributed by atoms with Gasteiger partial charge in [0.1, 0.15) is 24.1 Å². The molecule has 8 nitrogen and oxygen atoms in total. The van der Waals surface area contributed by atoms with Gasteiger partial charge in [-0.05, 0) is 24.3 Å². The SMILES string of the molecule is O=C(c1ccccc1)c1ccc(OC2O[C@H](C(=O)O)[C@@H](O)[C@H](O)[C@H]2O)cc1. The quantitative estimate of drug-likeness (QED) is 0.545. The van der Waals surface area contributed by atoms with Crippen molar-refractivity contribution in [2.24, 2.45) is 0 Å². The van der Waals surface area contributed by atoms with Gasteiger partial charge in [0.15, 0.2) is 11.9 Å². The van der Waals surface area contributed by atoms with Gasteiger partial charge in [0.05, 0.1) is 0 Å². The summed E-state index contributed by atoms with van der Waals surface area (Å²) in [5.41, 5.74) is 0.941. The van der Waals surface area contributed by atoms with Crippen LogP contribution >= 0.6 is 0 Å². The van der Waals surface area contributed by atoms with Crippen molar-refractivity contribution in [3.8, 4) is 5.75 Å². The predicted octanol–water partition coefficient (Wildman–Crippen LogP) is 0.189. The van der Waals surface area contributed by atoms with Crippen LogP contribution in [0.15, 0.2) is 54.6 Å². The minimum Gasteiger partial charge on any atom is -0.479 e. The molecule has 1 saturated heterocycles. The third kappa shape index (κ3) is 3.99. The number of benzene rings is 2. The number of carboxylic acids is 1. The number of aliphatic carboxylic acids is 1. The Balaban J connectivity index is 1.72. The van der Waals surface area contributed by atoms with Gasteiger partial charge in [-0.2, -0.15) is 0 Å². The van der Waals surface area contributed by atoms with Crippen molar-refractivity contribution in [3.05, 3.63) is 65.7 Å². The molecule has 1 heterocycles. The van der Waals surface area contributed by atoms with Crippen LogP contribution in [-0.4, -0.2) is 62.9 Å². The van der Waals surface area contributed by atoms with Crippen molar-refractivity contribution in [2.75, 3.05) is 0 Å². The number of ketones is 1. The molecule has 0 amide bonds. The molecular weight excluding hydrogens is 356 g/mol. The molecule has 27 heavy (non-hydrogen) atoms. The topological polar surface area (TPSA) is 134 Å². The van der Waals surface area contributed by atoms with E-state index < -0.39 is 36.7 Å². The van der Waals surface area contributed by atoms with E-state index in [2.05, 4.69) is 0 Å². The van der Waals surface area contributed by atoms with Crippen LogP contribution in [0.5, 0.6) is 5.75 Å². The molecule has 0 aliphatic carbocycles. The summed E-state index contributed by atoms with van der Waals surface area (Å²) in [4.78, 5) is 23.5. The lowest BCUT2D eigenvalue weighted by Gasteiger charge is -2.38. The van der Waals surface area contributed by atoms with Crippen LogP contribution in [0.25, 0.3) is 0 Å². The number of carbonyl (C=O) groups is 2. The lowest BCUT2D eigenvalue weighted by atomic mass is 9.99. The second kappa shape index (κ2) is 7.85. The first-order valence-corrected chi connectivity index (χ1v) is 8.17. The number of ether oxygens (including phenoxy) is 2. The Morgan fingerprint density at radius 3 is 2.00 bits per heavy atom. The average molecular weight is 374 g/mol. The molecule has 0 spiro atoms. The monoisotopic (exact) mass is 374 g/mol. The summed E-state index contributed by atoms with van der Waals surface area (Å²) in [6.45, 7) is 0. The molecule has 1 unspecified atom stereocenters. The highest BCUT2D eigenvalue weighted by Gasteiger charge is 2.48. The summed E-state index contributed by atoms with van der Waals surface area (Å²) in [5, 5.41) is 38.4. The second-order valence-electron chi connectivity index (χ2n) is 6.07. The van der Waals surface area contributed by atoms with Crippen molar-refractivity contribution >= 4 is 11.8 Å². The van der Waals surface area contributed by atoms with E-state index in [4.69, 9.17) is 14.6 Å². The first kappa shape index (κ1) is 19.0. The Morgan fingerprint density at radius 2 is 1.41 bits per heavy atom. The van der Waals surface area contributed by atoms with Gasteiger partial charge in [-0.25, -0.2) is 4.79 Å². The van der Waals surface area contributed by atoms with Gasteiger partial charge >= 0.3 is 5.97 Å². The molecule has 0 saturated carbocycles. The smallest absolute Gasteiger partial charge is 0.335 e. The van der Waals surface area contributed by atoms with E-state index in [1.807, 2.05) is 0 Å². The number of hydrogen-bond donors (Lipinski definition) is 4. The van der Waals surface area contributed by atoms with Gasteiger partial charge in [-0.1, -0.05) is 30.3 Å². The third-order valence-electron chi connectivity index (χ3n) is 4.22. The van der Waals surface area contributed by atoms with E-state index in [0.29, 0.717) is 11.1 Å². The molecule has 0 radical (unpaired) electrons. The summed E-state index contributed by atoms with van der Waals surface area (Å²) < 4.78 is 10.4. The Morgan fingerprint density at radius 1 is 0.815 bits per heavy atom. The lowest BCUT2D eigenvalue weighted by molar-refractivity contribution is -0.271. The van der Waals surface area contributed by atoms with Crippen LogP contribution in [0.3, 0.4) is 0 Å². The Labute approximate surface area is 154 Å². The van der Waals surface area contributed by atoms with Crippen molar-refractivity contribution in [3.63, 3.8) is 0 Å². The molecule has 0 aromatic heterocycles. The van der Waals surface area contributed by atoms with Crippen molar-refractivity contribution in [1.29, 1.82) is 0 Å². The van der Waals surface area contributed by atoms with Crippen LogP contribution < -0.4 is 4.74 Å². The number of rotatable bonds is 5. The van der Waals surface area contributed by atoms with Gasteiger partial charge < -0.3 is 29.9 Å². The van der Waals surface area contributed by atoms with Crippen LogP contribution in [0.1, 0.15) is 15.9 Å². The van der Waals surface area contributed by atoms with Gasteiger partial charge in [0.25, 0.3) is 0 Å². The molecule has 2 aromatic carbocycles. The van der Waals surface area contributed by atoms with E-state index in [-0.39, 0.29) is 11.5 Å². The maximum Gasteiger partial charge on any atom is 0.335 e. The molecule has 2 aromatic rings. The third-order valence-corrected chi connectivity index (χ3v) is 4.22. The maximum absolute atomic E-state index is 12.4. The van der Waals surface area contributed by atoms with Crippen molar-refractivity contribution in [2.45, 2.75) is 30.7 Å². The molecule has 5 atom stereocenters. The van der Waals surface area contributed by atoms with Crippen molar-refractivity contribution < 1.29 is 39.5 Å². The number of carboxylic acid groups (broad SMARTS) is 1. The van der Waals surface area contributed by atoms with E-state index in [1.165, 1.54) is 24.3 Å². The number of hydrogen-bond acceptors (Lipinski definition) is 7. The maximum atomic E-state index is 12.4. The zero-order valence-corrected chi connectivity index (χ0v) is 14.0. The Kier molecular flexibility index (Phi) is 5.52. The normalized spacial score (nSPS) is 27.7. The fraction of sp³-hybridized carbons (Fsp3) is 0.263.